The summed E-state index contributed by atoms with van der Waals surface area (Å²) in [5, 5.41) is 17.9. The quantitative estimate of drug-likeness (QED) is 0.784. The van der Waals surface area contributed by atoms with Crippen LogP contribution in [0.1, 0.15) is 13.3 Å². The van der Waals surface area contributed by atoms with Gasteiger partial charge in [-0.1, -0.05) is 23.7 Å². The molecule has 1 aromatic heterocycles. The number of anilines is 1. The van der Waals surface area contributed by atoms with Crippen LogP contribution in [-0.2, 0) is 11.3 Å². The van der Waals surface area contributed by atoms with Crippen LogP contribution < -0.4 is 5.32 Å². The van der Waals surface area contributed by atoms with Gasteiger partial charge in [-0.15, -0.1) is 0 Å². The maximum atomic E-state index is 9.21. The van der Waals surface area contributed by atoms with Crippen molar-refractivity contribution in [2.24, 2.45) is 0 Å². The highest BCUT2D eigenvalue weighted by molar-refractivity contribution is 6.30. The van der Waals surface area contributed by atoms with Gasteiger partial charge in [0, 0.05) is 36.4 Å². The number of ether oxygens (including phenoxy) is 1. The summed E-state index contributed by atoms with van der Waals surface area (Å²) in [5.41, 5.74) is 1.79. The van der Waals surface area contributed by atoms with Crippen molar-refractivity contribution in [1.82, 2.24) is 9.78 Å². The molecule has 0 aliphatic heterocycles. The van der Waals surface area contributed by atoms with E-state index in [4.69, 9.17) is 16.3 Å². The molecule has 1 heterocycles. The number of nitrogens with zero attached hydrogens (tertiary/aromatic N) is 2. The Hall–Kier alpha value is -1.56. The van der Waals surface area contributed by atoms with Gasteiger partial charge in [0.25, 0.3) is 0 Å². The molecular weight excluding hydrogens is 302 g/mol. The summed E-state index contributed by atoms with van der Waals surface area (Å²) in [6, 6.07) is 9.81. The summed E-state index contributed by atoms with van der Waals surface area (Å²) in [7, 11) is 1.69. The lowest BCUT2D eigenvalue weighted by Gasteiger charge is -2.15. The maximum absolute atomic E-state index is 9.21. The average molecular weight is 324 g/mol. The zero-order valence-corrected chi connectivity index (χ0v) is 13.7. The minimum atomic E-state index is 0.0395. The third-order valence-electron chi connectivity index (χ3n) is 3.36. The fourth-order valence-electron chi connectivity index (χ4n) is 2.21. The number of nitrogens with one attached hydrogen (secondary N) is 1. The van der Waals surface area contributed by atoms with E-state index in [2.05, 4.69) is 17.3 Å². The first-order valence-corrected chi connectivity index (χ1v) is 7.72. The van der Waals surface area contributed by atoms with E-state index in [-0.39, 0.29) is 12.6 Å². The van der Waals surface area contributed by atoms with Gasteiger partial charge in [-0.3, -0.25) is 0 Å². The molecule has 0 spiro atoms. The van der Waals surface area contributed by atoms with Gasteiger partial charge >= 0.3 is 0 Å². The van der Waals surface area contributed by atoms with Crippen LogP contribution in [0, 0.1) is 0 Å². The van der Waals surface area contributed by atoms with Gasteiger partial charge in [-0.25, -0.2) is 4.68 Å². The van der Waals surface area contributed by atoms with Crippen molar-refractivity contribution in [2.75, 3.05) is 25.6 Å². The van der Waals surface area contributed by atoms with E-state index in [0.717, 1.165) is 23.5 Å². The first kappa shape index (κ1) is 16.8. The second-order valence-electron chi connectivity index (χ2n) is 5.20. The Bertz CT molecular complexity index is 601. The topological polar surface area (TPSA) is 59.3 Å². The van der Waals surface area contributed by atoms with E-state index in [1.807, 2.05) is 30.3 Å². The van der Waals surface area contributed by atoms with Crippen molar-refractivity contribution < 1.29 is 9.84 Å². The van der Waals surface area contributed by atoms with Gasteiger partial charge in [0.15, 0.2) is 0 Å². The third kappa shape index (κ3) is 4.47. The van der Waals surface area contributed by atoms with Gasteiger partial charge in [0.1, 0.15) is 5.82 Å². The highest BCUT2D eigenvalue weighted by atomic mass is 35.5. The minimum absolute atomic E-state index is 0.0395. The van der Waals surface area contributed by atoms with Gasteiger partial charge in [-0.05, 0) is 25.5 Å². The summed E-state index contributed by atoms with van der Waals surface area (Å²) in [6.45, 7) is 3.27. The van der Waals surface area contributed by atoms with Gasteiger partial charge in [0.2, 0.25) is 0 Å². The standard InChI is InChI=1S/C16H22ClN3O2/c1-12(6-9-22-2)18-16-11-15(19-20(16)7-8-21)13-4-3-5-14(17)10-13/h3-5,10-12,18,21H,6-9H2,1-2H3. The lowest BCUT2D eigenvalue weighted by molar-refractivity contribution is 0.191. The zero-order valence-electron chi connectivity index (χ0n) is 12.9. The molecule has 0 bridgehead atoms. The summed E-state index contributed by atoms with van der Waals surface area (Å²) >= 11 is 6.04. The summed E-state index contributed by atoms with van der Waals surface area (Å²) in [5.74, 6) is 0.882. The van der Waals surface area contributed by atoms with Crippen molar-refractivity contribution in [2.45, 2.75) is 25.9 Å². The van der Waals surface area contributed by atoms with Crippen LogP contribution in [0.3, 0.4) is 0 Å². The molecule has 0 aliphatic rings. The Morgan fingerprint density at radius 3 is 2.91 bits per heavy atom. The highest BCUT2D eigenvalue weighted by Crippen LogP contribution is 2.25. The molecule has 120 valence electrons. The molecule has 2 rings (SSSR count). The third-order valence-corrected chi connectivity index (χ3v) is 3.60. The lowest BCUT2D eigenvalue weighted by atomic mass is 10.1. The minimum Gasteiger partial charge on any atom is -0.394 e. The monoisotopic (exact) mass is 323 g/mol. The largest absolute Gasteiger partial charge is 0.394 e. The molecule has 1 atom stereocenters. The van der Waals surface area contributed by atoms with E-state index in [1.165, 1.54) is 0 Å². The smallest absolute Gasteiger partial charge is 0.125 e. The number of halogens is 1. The van der Waals surface area contributed by atoms with Crippen LogP contribution in [0.15, 0.2) is 30.3 Å². The predicted molar refractivity (Wildman–Crippen MR) is 89.3 cm³/mol. The first-order valence-electron chi connectivity index (χ1n) is 7.34. The van der Waals surface area contributed by atoms with E-state index in [1.54, 1.807) is 11.8 Å². The second-order valence-corrected chi connectivity index (χ2v) is 5.64. The first-order chi connectivity index (χ1) is 10.6. The number of hydrogen-bond donors (Lipinski definition) is 2. The van der Waals surface area contributed by atoms with Gasteiger partial charge < -0.3 is 15.2 Å². The number of benzene rings is 1. The molecule has 0 fully saturated rings. The average Bonchev–Trinajstić information content (AvgIpc) is 2.88. The Morgan fingerprint density at radius 2 is 2.23 bits per heavy atom. The number of methoxy groups -OCH3 is 1. The number of rotatable bonds is 8. The summed E-state index contributed by atoms with van der Waals surface area (Å²) in [6.07, 6.45) is 0.896. The van der Waals surface area contributed by atoms with Crippen LogP contribution in [0.5, 0.6) is 0 Å². The molecule has 2 N–H and O–H groups in total. The SMILES string of the molecule is COCCC(C)Nc1cc(-c2cccc(Cl)c2)nn1CCO. The van der Waals surface area contributed by atoms with Crippen molar-refractivity contribution in [1.29, 1.82) is 0 Å². The summed E-state index contributed by atoms with van der Waals surface area (Å²) in [4.78, 5) is 0. The molecule has 5 nitrogen and oxygen atoms in total. The molecule has 2 aromatic rings. The van der Waals surface area contributed by atoms with Gasteiger partial charge in [0.05, 0.1) is 18.8 Å². The van der Waals surface area contributed by atoms with Crippen LogP contribution in [0.2, 0.25) is 5.02 Å². The molecule has 0 amide bonds. The molecular formula is C16H22ClN3O2. The van der Waals surface area contributed by atoms with Crippen LogP contribution in [0.4, 0.5) is 5.82 Å². The molecule has 22 heavy (non-hydrogen) atoms. The van der Waals surface area contributed by atoms with Crippen LogP contribution in [0.25, 0.3) is 11.3 Å². The van der Waals surface area contributed by atoms with Crippen LogP contribution >= 0.6 is 11.6 Å². The van der Waals surface area contributed by atoms with Crippen molar-refractivity contribution >= 4 is 17.4 Å². The highest BCUT2D eigenvalue weighted by Gasteiger charge is 2.12. The fourth-order valence-corrected chi connectivity index (χ4v) is 2.40. The zero-order chi connectivity index (χ0) is 15.9. The summed E-state index contributed by atoms with van der Waals surface area (Å²) < 4.78 is 6.88. The molecule has 0 radical (unpaired) electrons. The van der Waals surface area contributed by atoms with E-state index in [9.17, 15) is 5.11 Å². The Kier molecular flexibility index (Phi) is 6.24. The lowest BCUT2D eigenvalue weighted by Crippen LogP contribution is -2.20. The number of aromatic nitrogens is 2. The fraction of sp³-hybridized carbons (Fsp3) is 0.438. The normalized spacial score (nSPS) is 12.4. The van der Waals surface area contributed by atoms with Crippen molar-refractivity contribution in [3.05, 3.63) is 35.4 Å². The van der Waals surface area contributed by atoms with E-state index < -0.39 is 0 Å². The van der Waals surface area contributed by atoms with Crippen LogP contribution in [-0.4, -0.2) is 41.3 Å². The maximum Gasteiger partial charge on any atom is 0.125 e. The number of hydrogen-bond acceptors (Lipinski definition) is 4. The molecule has 1 unspecified atom stereocenters. The molecule has 0 saturated carbocycles. The predicted octanol–water partition coefficient (Wildman–Crippen LogP) is 3.03. The molecule has 0 saturated heterocycles. The van der Waals surface area contributed by atoms with Crippen molar-refractivity contribution in [3.8, 4) is 11.3 Å². The number of aliphatic hydroxyl groups is 1. The molecule has 6 heteroatoms. The van der Waals surface area contributed by atoms with Crippen molar-refractivity contribution in [3.63, 3.8) is 0 Å². The Labute approximate surface area is 135 Å². The molecule has 1 aromatic carbocycles. The Morgan fingerprint density at radius 1 is 1.41 bits per heavy atom. The Balaban J connectivity index is 2.21. The molecule has 0 aliphatic carbocycles. The number of aliphatic hydroxyl groups excluding tert-OH is 1. The van der Waals surface area contributed by atoms with E-state index in [0.29, 0.717) is 18.2 Å². The van der Waals surface area contributed by atoms with Gasteiger partial charge in [-0.2, -0.15) is 5.10 Å². The van der Waals surface area contributed by atoms with E-state index >= 15 is 0 Å². The second kappa shape index (κ2) is 8.17.